The van der Waals surface area contributed by atoms with Crippen LogP contribution >= 0.6 is 11.8 Å². The molecule has 1 fully saturated rings. The van der Waals surface area contributed by atoms with Crippen LogP contribution in [-0.2, 0) is 4.79 Å². The molecule has 0 bridgehead atoms. The number of amides is 3. The molecular weight excluding hydrogens is 450 g/mol. The molecule has 8 nitrogen and oxygen atoms in total. The van der Waals surface area contributed by atoms with Crippen molar-refractivity contribution in [1.29, 1.82) is 5.26 Å². The largest absolute Gasteiger partial charge is 0.335 e. The minimum atomic E-state index is -0.500. The van der Waals surface area contributed by atoms with Gasteiger partial charge in [-0.05, 0) is 55.2 Å². The van der Waals surface area contributed by atoms with Crippen molar-refractivity contribution in [2.45, 2.75) is 43.8 Å². The number of imide groups is 1. The number of rotatable bonds is 5. The fourth-order valence-electron chi connectivity index (χ4n) is 4.15. The van der Waals surface area contributed by atoms with E-state index in [4.69, 9.17) is 5.26 Å². The molecule has 0 spiro atoms. The van der Waals surface area contributed by atoms with Crippen molar-refractivity contribution in [3.63, 3.8) is 0 Å². The summed E-state index contributed by atoms with van der Waals surface area (Å²) in [6.07, 6.45) is 4.21. The van der Waals surface area contributed by atoms with Gasteiger partial charge < -0.3 is 5.32 Å². The zero-order valence-corrected chi connectivity index (χ0v) is 19.6. The molecule has 0 aliphatic heterocycles. The maximum Gasteiger partial charge on any atom is 0.321 e. The van der Waals surface area contributed by atoms with Gasteiger partial charge in [0.1, 0.15) is 0 Å². The van der Waals surface area contributed by atoms with Crippen LogP contribution in [0.25, 0.3) is 16.6 Å². The molecular formula is C25H25N5O3S. The second kappa shape index (κ2) is 10.5. The average molecular weight is 476 g/mol. The zero-order chi connectivity index (χ0) is 24.1. The number of carbonyl (C=O) groups excluding carboxylic acids is 2. The van der Waals surface area contributed by atoms with Crippen LogP contribution in [0.4, 0.5) is 4.79 Å². The predicted octanol–water partition coefficient (Wildman–Crippen LogP) is 3.75. The minimum Gasteiger partial charge on any atom is -0.335 e. The van der Waals surface area contributed by atoms with Gasteiger partial charge in [0.05, 0.1) is 34.0 Å². The molecule has 1 aromatic heterocycles. The standard InChI is InChI=1S/C25H25N5O3S/c1-16-6-2-4-8-20(16)27-24(33)29-22(31)15-34-25-28-21-9-5-3-7-19(21)23(32)30(25)18-12-10-17(14-26)11-13-18/h3,5,7,9-13,16,20H,2,4,6,8,15H2,1H3,(H2,27,29,31,33)/t16-,20+/m1/s1. The topological polar surface area (TPSA) is 117 Å². The van der Waals surface area contributed by atoms with Crippen LogP contribution < -0.4 is 16.2 Å². The van der Waals surface area contributed by atoms with E-state index in [-0.39, 0.29) is 17.4 Å². The monoisotopic (exact) mass is 475 g/mol. The number of hydrogen-bond donors (Lipinski definition) is 2. The summed E-state index contributed by atoms with van der Waals surface area (Å²) in [4.78, 5) is 42.6. The first-order valence-corrected chi connectivity index (χ1v) is 12.2. The highest BCUT2D eigenvalue weighted by Gasteiger charge is 2.23. The van der Waals surface area contributed by atoms with E-state index >= 15 is 0 Å². The van der Waals surface area contributed by atoms with Crippen molar-refractivity contribution >= 4 is 34.6 Å². The summed E-state index contributed by atoms with van der Waals surface area (Å²) < 4.78 is 1.42. The van der Waals surface area contributed by atoms with Crippen molar-refractivity contribution in [2.24, 2.45) is 5.92 Å². The number of thioether (sulfide) groups is 1. The number of carbonyl (C=O) groups is 2. The normalized spacial score (nSPS) is 17.6. The van der Waals surface area contributed by atoms with Gasteiger partial charge in [-0.3, -0.25) is 19.5 Å². The number of para-hydroxylation sites is 1. The SMILES string of the molecule is C[C@@H]1CCCC[C@@H]1NC(=O)NC(=O)CSc1nc2ccccc2c(=O)n1-c1ccc(C#N)cc1. The molecule has 0 radical (unpaired) electrons. The van der Waals surface area contributed by atoms with Crippen LogP contribution in [0.5, 0.6) is 0 Å². The lowest BCUT2D eigenvalue weighted by molar-refractivity contribution is -0.117. The minimum absolute atomic E-state index is 0.0675. The van der Waals surface area contributed by atoms with Crippen molar-refractivity contribution in [1.82, 2.24) is 20.2 Å². The van der Waals surface area contributed by atoms with Gasteiger partial charge in [-0.2, -0.15) is 5.26 Å². The average Bonchev–Trinajstić information content (AvgIpc) is 2.84. The molecule has 4 rings (SSSR count). The quantitative estimate of drug-likeness (QED) is 0.429. The van der Waals surface area contributed by atoms with E-state index in [0.717, 1.165) is 37.4 Å². The van der Waals surface area contributed by atoms with Gasteiger partial charge in [0.2, 0.25) is 5.91 Å². The van der Waals surface area contributed by atoms with E-state index in [1.54, 1.807) is 48.5 Å². The van der Waals surface area contributed by atoms with E-state index in [2.05, 4.69) is 28.6 Å². The summed E-state index contributed by atoms with van der Waals surface area (Å²) in [6.45, 7) is 2.11. The summed E-state index contributed by atoms with van der Waals surface area (Å²) >= 11 is 1.07. The Labute approximate surface area is 201 Å². The molecule has 174 valence electrons. The maximum absolute atomic E-state index is 13.3. The number of nitrogens with zero attached hydrogens (tertiary/aromatic N) is 3. The fourth-order valence-corrected chi connectivity index (χ4v) is 4.96. The first-order valence-electron chi connectivity index (χ1n) is 11.2. The Morgan fingerprint density at radius 2 is 1.88 bits per heavy atom. The lowest BCUT2D eigenvalue weighted by atomic mass is 9.86. The predicted molar refractivity (Wildman–Crippen MR) is 131 cm³/mol. The third-order valence-electron chi connectivity index (χ3n) is 6.01. The molecule has 2 N–H and O–H groups in total. The van der Waals surface area contributed by atoms with Gasteiger partial charge in [0, 0.05) is 6.04 Å². The van der Waals surface area contributed by atoms with E-state index in [1.807, 2.05) is 0 Å². The number of aromatic nitrogens is 2. The summed E-state index contributed by atoms with van der Waals surface area (Å²) in [7, 11) is 0. The van der Waals surface area contributed by atoms with Crippen LogP contribution in [0.15, 0.2) is 58.5 Å². The first kappa shape index (κ1) is 23.5. The molecule has 2 aromatic carbocycles. The van der Waals surface area contributed by atoms with E-state index in [0.29, 0.717) is 33.2 Å². The Kier molecular flexibility index (Phi) is 7.28. The van der Waals surface area contributed by atoms with Gasteiger partial charge in [-0.15, -0.1) is 0 Å². The summed E-state index contributed by atoms with van der Waals surface area (Å²) in [5, 5.41) is 15.1. The van der Waals surface area contributed by atoms with Crippen LogP contribution in [0.1, 0.15) is 38.2 Å². The van der Waals surface area contributed by atoms with E-state index in [1.165, 1.54) is 4.57 Å². The van der Waals surface area contributed by atoms with Crippen molar-refractivity contribution in [2.75, 3.05) is 5.75 Å². The summed E-state index contributed by atoms with van der Waals surface area (Å²) in [5.41, 5.74) is 1.25. The summed E-state index contributed by atoms with van der Waals surface area (Å²) in [6, 6.07) is 15.2. The van der Waals surface area contributed by atoms with Gasteiger partial charge in [-0.1, -0.05) is 43.7 Å². The molecule has 0 saturated heterocycles. The maximum atomic E-state index is 13.3. The van der Waals surface area contributed by atoms with Gasteiger partial charge in [0.15, 0.2) is 5.16 Å². The molecule has 2 atom stereocenters. The van der Waals surface area contributed by atoms with Crippen molar-refractivity contribution in [3.8, 4) is 11.8 Å². The molecule has 9 heteroatoms. The molecule has 0 unspecified atom stereocenters. The second-order valence-corrected chi connectivity index (χ2v) is 9.33. The third kappa shape index (κ3) is 5.29. The van der Waals surface area contributed by atoms with Crippen LogP contribution in [0.3, 0.4) is 0 Å². The number of benzene rings is 2. The Morgan fingerprint density at radius 3 is 2.62 bits per heavy atom. The Hall–Kier alpha value is -3.64. The second-order valence-electron chi connectivity index (χ2n) is 8.39. The number of hydrogen-bond acceptors (Lipinski definition) is 6. The van der Waals surface area contributed by atoms with Crippen molar-refractivity contribution in [3.05, 3.63) is 64.4 Å². The molecule has 34 heavy (non-hydrogen) atoms. The molecule has 3 amide bonds. The number of urea groups is 1. The molecule has 1 aliphatic carbocycles. The number of nitrogens with one attached hydrogen (secondary N) is 2. The highest BCUT2D eigenvalue weighted by molar-refractivity contribution is 7.99. The van der Waals surface area contributed by atoms with Gasteiger partial charge in [0.25, 0.3) is 5.56 Å². The van der Waals surface area contributed by atoms with Crippen molar-refractivity contribution < 1.29 is 9.59 Å². The molecule has 1 heterocycles. The number of nitriles is 1. The summed E-state index contributed by atoms with van der Waals surface area (Å²) in [5.74, 6) is -0.179. The fraction of sp³-hybridized carbons (Fsp3) is 0.320. The molecule has 1 aliphatic rings. The lowest BCUT2D eigenvalue weighted by Gasteiger charge is -2.29. The van der Waals surface area contributed by atoms with E-state index < -0.39 is 11.9 Å². The Bertz CT molecular complexity index is 1310. The molecule has 3 aromatic rings. The smallest absolute Gasteiger partial charge is 0.321 e. The third-order valence-corrected chi connectivity index (χ3v) is 6.95. The first-order chi connectivity index (χ1) is 16.5. The molecule has 1 saturated carbocycles. The van der Waals surface area contributed by atoms with Gasteiger partial charge >= 0.3 is 6.03 Å². The highest BCUT2D eigenvalue weighted by atomic mass is 32.2. The van der Waals surface area contributed by atoms with E-state index in [9.17, 15) is 14.4 Å². The number of fused-ring (bicyclic) bond motifs is 1. The van der Waals surface area contributed by atoms with Crippen LogP contribution in [0, 0.1) is 17.2 Å². The highest BCUT2D eigenvalue weighted by Crippen LogP contribution is 2.24. The Morgan fingerprint density at radius 1 is 1.15 bits per heavy atom. The van der Waals surface area contributed by atoms with Crippen LogP contribution in [0.2, 0.25) is 0 Å². The Balaban J connectivity index is 1.52. The zero-order valence-electron chi connectivity index (χ0n) is 18.8. The van der Waals surface area contributed by atoms with Crippen LogP contribution in [-0.4, -0.2) is 33.3 Å². The van der Waals surface area contributed by atoms with Gasteiger partial charge in [-0.25, -0.2) is 9.78 Å². The lowest BCUT2D eigenvalue weighted by Crippen LogP contribution is -2.48.